The van der Waals surface area contributed by atoms with Gasteiger partial charge in [0, 0.05) is 24.7 Å². The molecular weight excluding hydrogens is 208 g/mol. The van der Waals surface area contributed by atoms with E-state index in [-0.39, 0.29) is 0 Å². The summed E-state index contributed by atoms with van der Waals surface area (Å²) in [5, 5.41) is 5.91. The van der Waals surface area contributed by atoms with Crippen molar-refractivity contribution in [2.45, 2.75) is 43.8 Å². The molecule has 4 heterocycles. The van der Waals surface area contributed by atoms with Crippen LogP contribution in [0.4, 0.5) is 0 Å². The third-order valence-corrected chi connectivity index (χ3v) is 8.35. The van der Waals surface area contributed by atoms with Gasteiger partial charge >= 0.3 is 0 Å². The lowest BCUT2D eigenvalue weighted by Crippen LogP contribution is -2.70. The van der Waals surface area contributed by atoms with E-state index < -0.39 is 0 Å². The molecule has 10 unspecified atom stereocenters. The van der Waals surface area contributed by atoms with Gasteiger partial charge in [-0.25, -0.2) is 10.0 Å². The van der Waals surface area contributed by atoms with Gasteiger partial charge < -0.3 is 0 Å². The smallest absolute Gasteiger partial charge is 0.0324 e. The van der Waals surface area contributed by atoms with Gasteiger partial charge in [-0.2, -0.15) is 0 Å². The molecule has 0 aromatic rings. The Kier molecular flexibility index (Phi) is 1.02. The summed E-state index contributed by atoms with van der Waals surface area (Å²) in [4.78, 5) is 0. The lowest BCUT2D eigenvalue weighted by atomic mass is 9.56. The van der Waals surface area contributed by atoms with E-state index in [0.717, 1.165) is 47.7 Å². The van der Waals surface area contributed by atoms with Gasteiger partial charge in [-0.05, 0) is 60.7 Å². The molecule has 0 spiro atoms. The Morgan fingerprint density at radius 3 is 2.47 bits per heavy atom. The minimum Gasteiger partial charge on any atom is -0.237 e. The molecule has 8 rings (SSSR count). The molecule has 0 aromatic heterocycles. The Morgan fingerprint density at radius 1 is 0.706 bits per heavy atom. The Bertz CT molecular complexity index is 438. The molecule has 8 fully saturated rings. The highest BCUT2D eigenvalue weighted by Crippen LogP contribution is 2.76. The Balaban J connectivity index is 1.56. The van der Waals surface area contributed by atoms with Crippen molar-refractivity contribution in [3.05, 3.63) is 0 Å². The van der Waals surface area contributed by atoms with Crippen molar-refractivity contribution < 1.29 is 0 Å². The highest BCUT2D eigenvalue weighted by Gasteiger charge is 2.81. The summed E-state index contributed by atoms with van der Waals surface area (Å²) in [6, 6.07) is 3.10. The first-order valence-electron chi connectivity index (χ1n) is 8.00. The quantitative estimate of drug-likeness (QED) is 0.621. The second-order valence-corrected chi connectivity index (χ2v) is 8.11. The summed E-state index contributed by atoms with van der Waals surface area (Å²) in [7, 11) is 0. The van der Waals surface area contributed by atoms with Crippen molar-refractivity contribution >= 4 is 0 Å². The maximum absolute atomic E-state index is 2.99. The van der Waals surface area contributed by atoms with Gasteiger partial charge in [-0.3, -0.25) is 0 Å². The van der Waals surface area contributed by atoms with Crippen LogP contribution in [0.3, 0.4) is 0 Å². The van der Waals surface area contributed by atoms with Crippen molar-refractivity contribution in [3.63, 3.8) is 0 Å². The van der Waals surface area contributed by atoms with E-state index in [1.807, 2.05) is 0 Å². The van der Waals surface area contributed by atoms with Crippen LogP contribution in [0.5, 0.6) is 0 Å². The van der Waals surface area contributed by atoms with E-state index in [2.05, 4.69) is 10.0 Å². The summed E-state index contributed by atoms with van der Waals surface area (Å²) < 4.78 is 0. The summed E-state index contributed by atoms with van der Waals surface area (Å²) in [6.07, 6.45) is 6.34. The van der Waals surface area contributed by atoms with Crippen LogP contribution >= 0.6 is 0 Å². The molecule has 0 N–H and O–H groups in total. The minimum absolute atomic E-state index is 1.02. The van der Waals surface area contributed by atoms with Crippen molar-refractivity contribution in [2.24, 2.45) is 41.4 Å². The molecule has 2 nitrogen and oxygen atoms in total. The van der Waals surface area contributed by atoms with Gasteiger partial charge in [-0.15, -0.1) is 0 Å². The fourth-order valence-electron chi connectivity index (χ4n) is 8.55. The molecule has 4 aliphatic heterocycles. The van der Waals surface area contributed by atoms with Crippen LogP contribution < -0.4 is 0 Å². The third kappa shape index (κ3) is 0.565. The van der Waals surface area contributed by atoms with E-state index >= 15 is 0 Å². The zero-order chi connectivity index (χ0) is 10.5. The van der Waals surface area contributed by atoms with E-state index in [1.54, 1.807) is 25.7 Å². The molecule has 0 aromatic carbocycles. The highest BCUT2D eigenvalue weighted by molar-refractivity contribution is 5.30. The van der Waals surface area contributed by atoms with Crippen LogP contribution in [0.2, 0.25) is 0 Å². The molecule has 4 saturated carbocycles. The normalized spacial score (nSPS) is 76.9. The maximum atomic E-state index is 2.99. The second-order valence-electron chi connectivity index (χ2n) is 8.11. The molecule has 0 amide bonds. The molecular formula is C15H20N2. The fourth-order valence-corrected chi connectivity index (χ4v) is 8.55. The average molecular weight is 228 g/mol. The van der Waals surface area contributed by atoms with E-state index in [4.69, 9.17) is 0 Å². The predicted octanol–water partition coefficient (Wildman–Crippen LogP) is 1.58. The molecule has 6 bridgehead atoms. The number of fused-ring (bicyclic) bond motifs is 2. The summed E-state index contributed by atoms with van der Waals surface area (Å²) in [5.74, 6) is 8.02. The van der Waals surface area contributed by atoms with Crippen LogP contribution in [-0.4, -0.2) is 34.7 Å². The van der Waals surface area contributed by atoms with Gasteiger partial charge in [0.2, 0.25) is 0 Å². The van der Waals surface area contributed by atoms with Gasteiger partial charge in [0.15, 0.2) is 0 Å². The number of nitrogens with zero attached hydrogens (tertiary/aromatic N) is 2. The predicted molar refractivity (Wildman–Crippen MR) is 62.8 cm³/mol. The standard InChI is InChI=1S/C15H20N2/c1-2-6-7(3-1)15-12-9-4-8-10-5-16(14(6)11(8)12)17(15)13(9)10/h6-15H,1-5H2. The largest absolute Gasteiger partial charge is 0.237 e. The molecule has 0 radical (unpaired) electrons. The minimum atomic E-state index is 1.02. The average Bonchev–Trinajstić information content (AvgIpc) is 3.09. The molecule has 17 heavy (non-hydrogen) atoms. The zero-order valence-corrected chi connectivity index (χ0v) is 10.2. The van der Waals surface area contributed by atoms with Crippen molar-refractivity contribution in [3.8, 4) is 0 Å². The number of rotatable bonds is 0. The fraction of sp³-hybridized carbons (Fsp3) is 1.00. The first kappa shape index (κ1) is 8.16. The summed E-state index contributed by atoms with van der Waals surface area (Å²) >= 11 is 0. The van der Waals surface area contributed by atoms with Crippen LogP contribution in [0, 0.1) is 41.4 Å². The third-order valence-electron chi connectivity index (χ3n) is 8.35. The van der Waals surface area contributed by atoms with E-state index in [0.29, 0.717) is 0 Å². The molecule has 2 heteroatoms. The zero-order valence-electron chi connectivity index (χ0n) is 10.2. The monoisotopic (exact) mass is 228 g/mol. The van der Waals surface area contributed by atoms with Gasteiger partial charge in [0.25, 0.3) is 0 Å². The first-order valence-corrected chi connectivity index (χ1v) is 8.00. The van der Waals surface area contributed by atoms with Crippen LogP contribution in [0.15, 0.2) is 0 Å². The number of hydrogen-bond acceptors (Lipinski definition) is 2. The summed E-state index contributed by atoms with van der Waals surface area (Å²) in [5.41, 5.74) is 0. The SMILES string of the molecule is C1CC2C(C1)C1C3C4CC5C6CN(C2C53)N1C64. The van der Waals surface area contributed by atoms with Gasteiger partial charge in [0.05, 0.1) is 0 Å². The lowest BCUT2D eigenvalue weighted by molar-refractivity contribution is -0.211. The van der Waals surface area contributed by atoms with E-state index in [1.165, 1.54) is 18.4 Å². The van der Waals surface area contributed by atoms with Gasteiger partial charge in [0.1, 0.15) is 0 Å². The molecule has 10 atom stereocenters. The van der Waals surface area contributed by atoms with Crippen molar-refractivity contribution in [1.82, 2.24) is 10.0 Å². The number of hydrogen-bond donors (Lipinski definition) is 0. The first-order chi connectivity index (χ1) is 8.45. The van der Waals surface area contributed by atoms with Crippen molar-refractivity contribution in [2.75, 3.05) is 6.54 Å². The van der Waals surface area contributed by atoms with E-state index in [9.17, 15) is 0 Å². The van der Waals surface area contributed by atoms with Crippen molar-refractivity contribution in [1.29, 1.82) is 0 Å². The highest BCUT2D eigenvalue weighted by atomic mass is 15.7. The Labute approximate surface area is 102 Å². The summed E-state index contributed by atoms with van der Waals surface area (Å²) in [6.45, 7) is 1.47. The molecule has 90 valence electrons. The van der Waals surface area contributed by atoms with Crippen LogP contribution in [-0.2, 0) is 0 Å². The molecule has 4 aliphatic carbocycles. The second kappa shape index (κ2) is 2.12. The molecule has 8 aliphatic rings. The molecule has 4 saturated heterocycles. The van der Waals surface area contributed by atoms with Crippen LogP contribution in [0.1, 0.15) is 25.7 Å². The maximum Gasteiger partial charge on any atom is 0.0324 e. The van der Waals surface area contributed by atoms with Gasteiger partial charge in [-0.1, -0.05) is 6.42 Å². The number of piperidine rings is 1. The lowest BCUT2D eigenvalue weighted by Gasteiger charge is -2.62. The topological polar surface area (TPSA) is 6.48 Å². The Hall–Kier alpha value is -0.0800. The number of hydrazine groups is 1. The Morgan fingerprint density at radius 2 is 1.53 bits per heavy atom. The van der Waals surface area contributed by atoms with Crippen LogP contribution in [0.25, 0.3) is 0 Å².